The molecule has 7 nitrogen and oxygen atoms in total. The summed E-state index contributed by atoms with van der Waals surface area (Å²) in [5.41, 5.74) is 0.0426. The van der Waals surface area contributed by atoms with E-state index in [0.717, 1.165) is 0 Å². The van der Waals surface area contributed by atoms with E-state index in [1.165, 1.54) is 24.3 Å². The van der Waals surface area contributed by atoms with Crippen LogP contribution in [0.25, 0.3) is 0 Å². The first-order valence-corrected chi connectivity index (χ1v) is 4.81. The number of hydrogen-bond acceptors (Lipinski definition) is 7. The van der Waals surface area contributed by atoms with Crippen LogP contribution in [0.4, 0.5) is 0 Å². The average molecular weight is 292 g/mol. The zero-order valence-electron chi connectivity index (χ0n) is 9.98. The third kappa shape index (κ3) is 5.49. The predicted octanol–water partition coefficient (Wildman–Crippen LogP) is -5.15. The van der Waals surface area contributed by atoms with Gasteiger partial charge < -0.3 is 24.9 Å². The molecular weight excluding hydrogens is 283 g/mol. The number of carboxylic acids is 1. The van der Waals surface area contributed by atoms with Crippen LogP contribution < -0.4 is 56.5 Å². The van der Waals surface area contributed by atoms with Gasteiger partial charge >= 0.3 is 63.3 Å². The third-order valence-corrected chi connectivity index (χ3v) is 1.98. The fraction of sp³-hybridized carbons (Fsp3) is 0.182. The van der Waals surface area contributed by atoms with Crippen molar-refractivity contribution in [1.82, 2.24) is 0 Å². The van der Waals surface area contributed by atoms with Gasteiger partial charge in [0.05, 0.1) is 11.5 Å². The summed E-state index contributed by atoms with van der Waals surface area (Å²) < 4.78 is 4.19. The van der Waals surface area contributed by atoms with Crippen LogP contribution in [-0.2, 0) is 14.3 Å². The first kappa shape index (κ1) is 18.4. The summed E-state index contributed by atoms with van der Waals surface area (Å²) in [6.07, 6.45) is -4.84. The molecule has 0 heterocycles. The van der Waals surface area contributed by atoms with Crippen LogP contribution in [-0.4, -0.2) is 40.3 Å². The summed E-state index contributed by atoms with van der Waals surface area (Å²) in [4.78, 5) is 32.7. The first-order valence-electron chi connectivity index (χ1n) is 4.81. The van der Waals surface area contributed by atoms with Gasteiger partial charge in [-0.2, -0.15) is 0 Å². The Hall–Kier alpha value is -0.614. The van der Waals surface area contributed by atoms with Crippen LogP contribution in [0.1, 0.15) is 10.4 Å². The van der Waals surface area contributed by atoms with Gasteiger partial charge in [-0.25, -0.2) is 9.59 Å². The first-order chi connectivity index (χ1) is 8.43. The van der Waals surface area contributed by atoms with E-state index < -0.39 is 30.1 Å². The van der Waals surface area contributed by atoms with Crippen molar-refractivity contribution in [1.29, 1.82) is 0 Å². The molecule has 0 bridgehead atoms. The van der Waals surface area contributed by atoms with Crippen molar-refractivity contribution in [3.8, 4) is 0 Å². The third-order valence-electron chi connectivity index (χ3n) is 1.98. The Labute approximate surface area is 150 Å². The topological polar surface area (TPSA) is 124 Å². The molecule has 0 aliphatic heterocycles. The van der Waals surface area contributed by atoms with Crippen molar-refractivity contribution in [3.63, 3.8) is 0 Å². The maximum absolute atomic E-state index is 11.4. The van der Waals surface area contributed by atoms with Crippen LogP contribution in [0.15, 0.2) is 30.3 Å². The van der Waals surface area contributed by atoms with Gasteiger partial charge in [0.2, 0.25) is 0 Å². The van der Waals surface area contributed by atoms with Crippen molar-refractivity contribution in [3.05, 3.63) is 35.9 Å². The van der Waals surface area contributed by atoms with Crippen LogP contribution >= 0.6 is 0 Å². The Bertz CT molecular complexity index is 459. The van der Waals surface area contributed by atoms with Crippen LogP contribution in [0.3, 0.4) is 0 Å². The van der Waals surface area contributed by atoms with E-state index in [-0.39, 0.29) is 56.9 Å². The number of aliphatic hydroxyl groups excluding tert-OH is 2. The SMILES string of the molecule is O=C(OC(=O)[C@@H](O)[C@H](O)C(=O)[O-])c1ccccc1.[K+]. The number of rotatable bonds is 4. The van der Waals surface area contributed by atoms with Crippen molar-refractivity contribution < 1.29 is 85.8 Å². The second-order valence-corrected chi connectivity index (χ2v) is 3.28. The maximum atomic E-state index is 11.4. The minimum Gasteiger partial charge on any atom is -0.547 e. The van der Waals surface area contributed by atoms with E-state index in [1.807, 2.05) is 0 Å². The molecule has 0 saturated heterocycles. The van der Waals surface area contributed by atoms with Crippen LogP contribution in [0.5, 0.6) is 0 Å². The Balaban J connectivity index is 0.00000324. The van der Waals surface area contributed by atoms with Gasteiger partial charge in [-0.1, -0.05) is 18.2 Å². The molecule has 2 atom stereocenters. The average Bonchev–Trinajstić information content (AvgIpc) is 2.37. The quantitative estimate of drug-likeness (QED) is 0.323. The van der Waals surface area contributed by atoms with Crippen molar-refractivity contribution in [2.45, 2.75) is 12.2 Å². The van der Waals surface area contributed by atoms with E-state index in [0.29, 0.717) is 0 Å². The number of hydrogen-bond donors (Lipinski definition) is 2. The Morgan fingerprint density at radius 3 is 2.05 bits per heavy atom. The van der Waals surface area contributed by atoms with E-state index >= 15 is 0 Å². The summed E-state index contributed by atoms with van der Waals surface area (Å²) in [6.45, 7) is 0. The molecule has 2 N–H and O–H groups in total. The minimum atomic E-state index is -2.46. The second kappa shape index (κ2) is 8.54. The molecule has 0 aliphatic rings. The zero-order valence-corrected chi connectivity index (χ0v) is 13.1. The van der Waals surface area contributed by atoms with Crippen molar-refractivity contribution >= 4 is 17.9 Å². The van der Waals surface area contributed by atoms with E-state index in [2.05, 4.69) is 4.74 Å². The number of carbonyl (C=O) groups excluding carboxylic acids is 3. The normalized spacial score (nSPS) is 12.7. The molecule has 0 unspecified atom stereocenters. The standard InChI is InChI=1S/C11H10O7.K/c12-7(9(14)15)8(13)11(17)18-10(16)6-4-2-1-3-5-6;/h1-5,7-8,12-13H,(H,14,15);/q;+1/p-1/t7-,8-;/m0./s1. The minimum absolute atomic E-state index is 0. The molecule has 0 aromatic heterocycles. The van der Waals surface area contributed by atoms with Gasteiger partial charge in [-0.05, 0) is 12.1 Å². The van der Waals surface area contributed by atoms with E-state index in [1.54, 1.807) is 6.07 Å². The molecule has 96 valence electrons. The van der Waals surface area contributed by atoms with Gasteiger partial charge in [-0.15, -0.1) is 0 Å². The van der Waals surface area contributed by atoms with Crippen LogP contribution in [0.2, 0.25) is 0 Å². The Kier molecular flexibility index (Phi) is 8.26. The number of benzene rings is 1. The predicted molar refractivity (Wildman–Crippen MR) is 53.9 cm³/mol. The summed E-state index contributed by atoms with van der Waals surface area (Å²) in [6, 6.07) is 7.39. The van der Waals surface area contributed by atoms with Gasteiger partial charge in [0.1, 0.15) is 6.10 Å². The number of carboxylic acid groups (broad SMARTS) is 1. The molecular formula is C11H9KO7. The smallest absolute Gasteiger partial charge is 0.547 e. The maximum Gasteiger partial charge on any atom is 1.00 e. The van der Waals surface area contributed by atoms with E-state index in [4.69, 9.17) is 10.2 Å². The van der Waals surface area contributed by atoms with E-state index in [9.17, 15) is 19.5 Å². The number of aliphatic hydroxyl groups is 2. The number of esters is 2. The van der Waals surface area contributed by atoms with Gasteiger partial charge in [0.25, 0.3) is 0 Å². The number of ether oxygens (including phenoxy) is 1. The fourth-order valence-corrected chi connectivity index (χ4v) is 1.04. The molecule has 1 rings (SSSR count). The summed E-state index contributed by atoms with van der Waals surface area (Å²) in [5.74, 6) is -4.68. The zero-order chi connectivity index (χ0) is 13.7. The molecule has 1 aromatic rings. The fourth-order valence-electron chi connectivity index (χ4n) is 1.04. The molecule has 0 spiro atoms. The molecule has 0 amide bonds. The van der Waals surface area contributed by atoms with Crippen molar-refractivity contribution in [2.75, 3.05) is 0 Å². The summed E-state index contributed by atoms with van der Waals surface area (Å²) in [5, 5.41) is 28.1. The van der Waals surface area contributed by atoms with Crippen molar-refractivity contribution in [2.24, 2.45) is 0 Å². The molecule has 1 aromatic carbocycles. The Morgan fingerprint density at radius 1 is 1.05 bits per heavy atom. The molecule has 0 fully saturated rings. The number of carbonyl (C=O) groups is 3. The van der Waals surface area contributed by atoms with Gasteiger partial charge in [-0.3, -0.25) is 0 Å². The molecule has 8 heteroatoms. The van der Waals surface area contributed by atoms with Gasteiger partial charge in [0, 0.05) is 0 Å². The van der Waals surface area contributed by atoms with Crippen LogP contribution in [0, 0.1) is 0 Å². The summed E-state index contributed by atoms with van der Waals surface area (Å²) >= 11 is 0. The Morgan fingerprint density at radius 2 is 1.58 bits per heavy atom. The largest absolute Gasteiger partial charge is 1.00 e. The number of aliphatic carboxylic acids is 1. The molecule has 0 saturated carbocycles. The summed E-state index contributed by atoms with van der Waals surface area (Å²) in [7, 11) is 0. The van der Waals surface area contributed by atoms with Gasteiger partial charge in [0.15, 0.2) is 6.10 Å². The second-order valence-electron chi connectivity index (χ2n) is 3.28. The molecule has 19 heavy (non-hydrogen) atoms. The molecule has 0 radical (unpaired) electrons. The molecule has 0 aliphatic carbocycles. The monoisotopic (exact) mass is 292 g/mol.